The van der Waals surface area contributed by atoms with Crippen molar-refractivity contribution in [1.82, 2.24) is 20.3 Å². The Morgan fingerprint density at radius 3 is 2.80 bits per heavy atom. The lowest BCUT2D eigenvalue weighted by molar-refractivity contribution is -0.0227. The highest BCUT2D eigenvalue weighted by atomic mass is 32.1. The normalized spacial score (nSPS) is 18.1. The van der Waals surface area contributed by atoms with Gasteiger partial charge in [0.05, 0.1) is 11.8 Å². The van der Waals surface area contributed by atoms with Crippen molar-refractivity contribution in [2.75, 3.05) is 19.0 Å². The van der Waals surface area contributed by atoms with Gasteiger partial charge in [0.1, 0.15) is 34.3 Å². The molecule has 0 spiro atoms. The lowest BCUT2D eigenvalue weighted by atomic mass is 9.94. The lowest BCUT2D eigenvalue weighted by Crippen LogP contribution is -2.36. The number of hydrogen-bond acceptors (Lipinski definition) is 8. The molecule has 0 bridgehead atoms. The second kappa shape index (κ2) is 11.7. The van der Waals surface area contributed by atoms with Crippen molar-refractivity contribution < 1.29 is 18.7 Å². The van der Waals surface area contributed by atoms with E-state index in [0.717, 1.165) is 38.5 Å². The maximum atomic E-state index is 14.1. The van der Waals surface area contributed by atoms with E-state index in [1.807, 2.05) is 0 Å². The topological polar surface area (TPSA) is 98.3 Å². The largest absolute Gasteiger partial charge is 0.485 e. The number of nitrogens with zero attached hydrogens (tertiary/aromatic N) is 3. The van der Waals surface area contributed by atoms with Gasteiger partial charge in [-0.1, -0.05) is 31.6 Å². The molecule has 1 aliphatic carbocycles. The van der Waals surface area contributed by atoms with E-state index in [4.69, 9.17) is 9.47 Å². The zero-order valence-corrected chi connectivity index (χ0v) is 21.2. The van der Waals surface area contributed by atoms with Gasteiger partial charge in [-0.25, -0.2) is 19.3 Å². The number of anilines is 2. The van der Waals surface area contributed by atoms with Crippen LogP contribution in [0.2, 0.25) is 0 Å². The second-order valence-electron chi connectivity index (χ2n) is 9.17. The molecule has 0 saturated heterocycles. The number of hydrogen-bond donors (Lipinski definition) is 2. The first-order valence-electron chi connectivity index (χ1n) is 12.1. The van der Waals surface area contributed by atoms with E-state index in [-0.39, 0.29) is 18.1 Å². The van der Waals surface area contributed by atoms with E-state index in [2.05, 4.69) is 39.4 Å². The van der Waals surface area contributed by atoms with Crippen LogP contribution in [0.1, 0.15) is 62.2 Å². The van der Waals surface area contributed by atoms with Gasteiger partial charge in [0.15, 0.2) is 10.8 Å². The third kappa shape index (κ3) is 6.43. The molecule has 188 valence electrons. The first-order valence-corrected chi connectivity index (χ1v) is 12.9. The van der Waals surface area contributed by atoms with Gasteiger partial charge in [0.2, 0.25) is 0 Å². The highest BCUT2D eigenvalue weighted by Crippen LogP contribution is 2.34. The Kier molecular flexibility index (Phi) is 8.46. The van der Waals surface area contributed by atoms with Crippen molar-refractivity contribution in [1.29, 1.82) is 0 Å². The fraction of sp³-hybridized carbons (Fsp3) is 0.520. The van der Waals surface area contributed by atoms with E-state index in [0.29, 0.717) is 45.1 Å². The summed E-state index contributed by atoms with van der Waals surface area (Å²) in [6.45, 7) is 4.92. The number of thiazole rings is 1. The first kappa shape index (κ1) is 25.2. The third-order valence-electron chi connectivity index (χ3n) is 6.05. The highest BCUT2D eigenvalue weighted by molar-refractivity contribution is 7.19. The molecule has 8 nitrogen and oxygen atoms in total. The number of aromatic nitrogens is 3. The van der Waals surface area contributed by atoms with E-state index in [1.165, 1.54) is 29.8 Å². The molecule has 1 aliphatic rings. The number of benzene rings is 1. The van der Waals surface area contributed by atoms with Gasteiger partial charge in [0.25, 0.3) is 5.91 Å². The summed E-state index contributed by atoms with van der Waals surface area (Å²) < 4.78 is 25.9. The van der Waals surface area contributed by atoms with Crippen LogP contribution < -0.4 is 15.4 Å². The van der Waals surface area contributed by atoms with E-state index in [9.17, 15) is 9.18 Å². The summed E-state index contributed by atoms with van der Waals surface area (Å²) in [5.41, 5.74) is 1.03. The molecule has 35 heavy (non-hydrogen) atoms. The van der Waals surface area contributed by atoms with Crippen molar-refractivity contribution in [3.05, 3.63) is 35.4 Å². The summed E-state index contributed by atoms with van der Waals surface area (Å²) in [5, 5.41) is 6.46. The monoisotopic (exact) mass is 501 g/mol. The number of carbonyl (C=O) groups excluding carboxylic acids is 1. The van der Waals surface area contributed by atoms with Crippen LogP contribution in [0.3, 0.4) is 0 Å². The van der Waals surface area contributed by atoms with Gasteiger partial charge in [-0.15, -0.1) is 0 Å². The smallest absolute Gasteiger partial charge is 0.280 e. The van der Waals surface area contributed by atoms with Crippen LogP contribution in [0, 0.1) is 11.7 Å². The number of fused-ring (bicyclic) bond motifs is 1. The van der Waals surface area contributed by atoms with Gasteiger partial charge in [-0.2, -0.15) is 0 Å². The van der Waals surface area contributed by atoms with Gasteiger partial charge in [-0.3, -0.25) is 4.79 Å². The molecule has 0 unspecified atom stereocenters. The highest BCUT2D eigenvalue weighted by Gasteiger charge is 2.27. The van der Waals surface area contributed by atoms with E-state index < -0.39 is 5.82 Å². The molecule has 2 atom stereocenters. The standard InChI is InChI=1S/C25H32FN5O3S/c1-15(2)7-6-12-27-23(32)25-31-21-22(28-14-29-24(21)35-25)30-17-11-10-16(26)13-20(17)34-19-9-5-4-8-18(19)33-3/h10-11,13-15,18-19H,4-9,12H2,1-3H3,(H,27,32)(H,28,29,30)/t18-,19-/m0/s1. The minimum atomic E-state index is -0.395. The number of amides is 1. The molecule has 4 rings (SSSR count). The van der Waals surface area contributed by atoms with E-state index >= 15 is 0 Å². The Morgan fingerprint density at radius 2 is 2.03 bits per heavy atom. The molecule has 3 aromatic rings. The Bertz CT molecular complexity index is 1160. The summed E-state index contributed by atoms with van der Waals surface area (Å²) in [7, 11) is 1.68. The number of nitrogens with one attached hydrogen (secondary N) is 2. The molecule has 10 heteroatoms. The molecule has 2 N–H and O–H groups in total. The fourth-order valence-electron chi connectivity index (χ4n) is 4.19. The maximum absolute atomic E-state index is 14.1. The SMILES string of the molecule is CO[C@H]1CCCC[C@@H]1Oc1cc(F)ccc1Nc1ncnc2sc(C(=O)NCCCC(C)C)nc12. The molecule has 1 saturated carbocycles. The van der Waals surface area contributed by atoms with Crippen molar-refractivity contribution in [3.8, 4) is 5.75 Å². The number of carbonyl (C=O) groups is 1. The summed E-state index contributed by atoms with van der Waals surface area (Å²) >= 11 is 1.21. The summed E-state index contributed by atoms with van der Waals surface area (Å²) in [5.74, 6) is 0.777. The Balaban J connectivity index is 1.53. The molecule has 1 amide bonds. The Hall–Kier alpha value is -2.85. The average molecular weight is 502 g/mol. The van der Waals surface area contributed by atoms with Crippen LogP contribution in [-0.4, -0.2) is 46.7 Å². The van der Waals surface area contributed by atoms with Crippen LogP contribution in [0.4, 0.5) is 15.9 Å². The minimum absolute atomic E-state index is 0.0363. The number of rotatable bonds is 10. The van der Waals surface area contributed by atoms with Crippen molar-refractivity contribution >= 4 is 39.1 Å². The molecule has 1 fully saturated rings. The van der Waals surface area contributed by atoms with Crippen LogP contribution in [0.25, 0.3) is 10.3 Å². The number of methoxy groups -OCH3 is 1. The summed E-state index contributed by atoms with van der Waals surface area (Å²) in [6.07, 6.45) is 7.06. The second-order valence-corrected chi connectivity index (χ2v) is 10.1. The van der Waals surface area contributed by atoms with Gasteiger partial charge in [0, 0.05) is 19.7 Å². The molecule has 2 aromatic heterocycles. The Labute approximate surface area is 208 Å². The summed E-state index contributed by atoms with van der Waals surface area (Å²) in [4.78, 5) is 26.3. The van der Waals surface area contributed by atoms with Gasteiger partial charge in [-0.05, 0) is 50.2 Å². The quantitative estimate of drug-likeness (QED) is 0.355. The zero-order chi connectivity index (χ0) is 24.8. The molecule has 0 radical (unpaired) electrons. The minimum Gasteiger partial charge on any atom is -0.485 e. The van der Waals surface area contributed by atoms with Crippen LogP contribution in [-0.2, 0) is 4.74 Å². The van der Waals surface area contributed by atoms with Crippen molar-refractivity contribution in [2.24, 2.45) is 5.92 Å². The zero-order valence-electron chi connectivity index (χ0n) is 20.3. The molecule has 0 aliphatic heterocycles. The average Bonchev–Trinajstić information content (AvgIpc) is 3.29. The molecule has 1 aromatic carbocycles. The van der Waals surface area contributed by atoms with Crippen molar-refractivity contribution in [3.63, 3.8) is 0 Å². The molecule has 2 heterocycles. The number of halogens is 1. The third-order valence-corrected chi connectivity index (χ3v) is 7.02. The first-order chi connectivity index (χ1) is 16.9. The molecular weight excluding hydrogens is 469 g/mol. The summed E-state index contributed by atoms with van der Waals surface area (Å²) in [6, 6.07) is 4.33. The van der Waals surface area contributed by atoms with Crippen LogP contribution in [0.5, 0.6) is 5.75 Å². The van der Waals surface area contributed by atoms with Crippen LogP contribution >= 0.6 is 11.3 Å². The fourth-order valence-corrected chi connectivity index (χ4v) is 5.01. The van der Waals surface area contributed by atoms with E-state index in [1.54, 1.807) is 13.2 Å². The predicted molar refractivity (Wildman–Crippen MR) is 135 cm³/mol. The van der Waals surface area contributed by atoms with Gasteiger partial charge < -0.3 is 20.1 Å². The van der Waals surface area contributed by atoms with Gasteiger partial charge >= 0.3 is 0 Å². The maximum Gasteiger partial charge on any atom is 0.280 e. The molecular formula is C25H32FN5O3S. The van der Waals surface area contributed by atoms with Crippen molar-refractivity contribution in [2.45, 2.75) is 64.6 Å². The lowest BCUT2D eigenvalue weighted by Gasteiger charge is -2.31. The Morgan fingerprint density at radius 1 is 1.23 bits per heavy atom. The number of ether oxygens (including phenoxy) is 2. The predicted octanol–water partition coefficient (Wildman–Crippen LogP) is 5.47. The van der Waals surface area contributed by atoms with Crippen LogP contribution in [0.15, 0.2) is 24.5 Å².